The standard InChI is InChI=1S/C20H27NO2/c1-14(2)20(21-15(3)16-9-7-6-8-10-16)18-13-17(22-4)11-12-19(18)23-5/h6-15,20-21H,1-5H3/t15-,20-/m1/s1. The highest BCUT2D eigenvalue weighted by atomic mass is 16.5. The summed E-state index contributed by atoms with van der Waals surface area (Å²) in [5, 5.41) is 3.74. The molecule has 0 aliphatic heterocycles. The number of nitrogens with one attached hydrogen (secondary N) is 1. The van der Waals surface area contributed by atoms with Crippen molar-refractivity contribution in [2.24, 2.45) is 5.92 Å². The van der Waals surface area contributed by atoms with Gasteiger partial charge in [-0.2, -0.15) is 0 Å². The van der Waals surface area contributed by atoms with Gasteiger partial charge in [0.25, 0.3) is 0 Å². The van der Waals surface area contributed by atoms with Gasteiger partial charge < -0.3 is 14.8 Å². The van der Waals surface area contributed by atoms with Gasteiger partial charge in [-0.05, 0) is 36.6 Å². The van der Waals surface area contributed by atoms with Crippen LogP contribution in [0.5, 0.6) is 11.5 Å². The van der Waals surface area contributed by atoms with Gasteiger partial charge >= 0.3 is 0 Å². The SMILES string of the molecule is COc1ccc(OC)c([C@H](N[C@H](C)c2ccccc2)C(C)C)c1. The molecule has 2 aromatic carbocycles. The summed E-state index contributed by atoms with van der Waals surface area (Å²) in [6, 6.07) is 16.9. The van der Waals surface area contributed by atoms with Crippen LogP contribution >= 0.6 is 0 Å². The Morgan fingerprint density at radius 1 is 0.870 bits per heavy atom. The number of benzene rings is 2. The molecule has 0 unspecified atom stereocenters. The molecule has 2 atom stereocenters. The van der Waals surface area contributed by atoms with Gasteiger partial charge in [0.1, 0.15) is 11.5 Å². The van der Waals surface area contributed by atoms with Crippen LogP contribution in [0.1, 0.15) is 44.0 Å². The summed E-state index contributed by atoms with van der Waals surface area (Å²) in [5.41, 5.74) is 2.41. The fourth-order valence-corrected chi connectivity index (χ4v) is 2.83. The number of hydrogen-bond acceptors (Lipinski definition) is 3. The van der Waals surface area contributed by atoms with Crippen molar-refractivity contribution in [3.05, 3.63) is 59.7 Å². The quantitative estimate of drug-likeness (QED) is 0.800. The number of rotatable bonds is 7. The molecule has 0 aliphatic rings. The normalized spacial score (nSPS) is 13.7. The van der Waals surface area contributed by atoms with E-state index < -0.39 is 0 Å². The molecule has 0 aliphatic carbocycles. The van der Waals surface area contributed by atoms with E-state index in [0.717, 1.165) is 17.1 Å². The van der Waals surface area contributed by atoms with Gasteiger partial charge in [-0.1, -0.05) is 44.2 Å². The van der Waals surface area contributed by atoms with Crippen molar-refractivity contribution < 1.29 is 9.47 Å². The summed E-state index contributed by atoms with van der Waals surface area (Å²) in [5.74, 6) is 2.15. The van der Waals surface area contributed by atoms with Gasteiger partial charge in [0, 0.05) is 17.6 Å². The summed E-state index contributed by atoms with van der Waals surface area (Å²) in [6.45, 7) is 6.62. The van der Waals surface area contributed by atoms with Crippen LogP contribution in [0.25, 0.3) is 0 Å². The van der Waals surface area contributed by atoms with Crippen LogP contribution in [0.2, 0.25) is 0 Å². The monoisotopic (exact) mass is 313 g/mol. The molecule has 0 fully saturated rings. The molecule has 0 aromatic heterocycles. The first-order chi connectivity index (χ1) is 11.1. The van der Waals surface area contributed by atoms with E-state index in [-0.39, 0.29) is 12.1 Å². The Hall–Kier alpha value is -2.00. The van der Waals surface area contributed by atoms with Crippen LogP contribution in [-0.2, 0) is 0 Å². The molecule has 0 bridgehead atoms. The summed E-state index contributed by atoms with van der Waals surface area (Å²) in [6.07, 6.45) is 0. The average Bonchev–Trinajstić information content (AvgIpc) is 2.59. The predicted molar refractivity (Wildman–Crippen MR) is 95.1 cm³/mol. The molecule has 1 N–H and O–H groups in total. The van der Waals surface area contributed by atoms with Crippen LogP contribution in [0.4, 0.5) is 0 Å². The van der Waals surface area contributed by atoms with Gasteiger partial charge in [-0.25, -0.2) is 0 Å². The molecule has 0 saturated heterocycles. The Morgan fingerprint density at radius 3 is 2.13 bits per heavy atom. The molecular weight excluding hydrogens is 286 g/mol. The molecule has 3 heteroatoms. The van der Waals surface area contributed by atoms with Gasteiger partial charge in [-0.3, -0.25) is 0 Å². The second-order valence-electron chi connectivity index (χ2n) is 6.13. The Kier molecular flexibility index (Phi) is 6.05. The van der Waals surface area contributed by atoms with Crippen molar-refractivity contribution in [3.63, 3.8) is 0 Å². The van der Waals surface area contributed by atoms with E-state index in [1.165, 1.54) is 5.56 Å². The fraction of sp³-hybridized carbons (Fsp3) is 0.400. The minimum atomic E-state index is 0.176. The maximum Gasteiger partial charge on any atom is 0.123 e. The zero-order valence-electron chi connectivity index (χ0n) is 14.7. The van der Waals surface area contributed by atoms with E-state index >= 15 is 0 Å². The van der Waals surface area contributed by atoms with Gasteiger partial charge in [0.2, 0.25) is 0 Å². The maximum atomic E-state index is 5.57. The summed E-state index contributed by atoms with van der Waals surface area (Å²) in [4.78, 5) is 0. The molecule has 0 heterocycles. The van der Waals surface area contributed by atoms with Gasteiger partial charge in [0.05, 0.1) is 14.2 Å². The molecule has 23 heavy (non-hydrogen) atoms. The molecule has 3 nitrogen and oxygen atoms in total. The molecule has 0 radical (unpaired) electrons. The summed E-state index contributed by atoms with van der Waals surface area (Å²) in [7, 11) is 3.40. The third-order valence-corrected chi connectivity index (χ3v) is 4.17. The molecule has 2 aromatic rings. The lowest BCUT2D eigenvalue weighted by molar-refractivity contribution is 0.346. The first kappa shape index (κ1) is 17.4. The first-order valence-electron chi connectivity index (χ1n) is 8.09. The Balaban J connectivity index is 2.31. The zero-order chi connectivity index (χ0) is 16.8. The maximum absolute atomic E-state index is 5.57. The Morgan fingerprint density at radius 2 is 1.57 bits per heavy atom. The minimum absolute atomic E-state index is 0.176. The second kappa shape index (κ2) is 8.02. The molecule has 0 spiro atoms. The average molecular weight is 313 g/mol. The fourth-order valence-electron chi connectivity index (χ4n) is 2.83. The predicted octanol–water partition coefficient (Wildman–Crippen LogP) is 4.75. The highest BCUT2D eigenvalue weighted by Gasteiger charge is 2.22. The van der Waals surface area contributed by atoms with E-state index in [9.17, 15) is 0 Å². The van der Waals surface area contributed by atoms with Gasteiger partial charge in [-0.15, -0.1) is 0 Å². The Bertz CT molecular complexity index is 610. The third kappa shape index (κ3) is 4.26. The summed E-state index contributed by atoms with van der Waals surface area (Å²) < 4.78 is 11.0. The van der Waals surface area contributed by atoms with Crippen molar-refractivity contribution in [3.8, 4) is 11.5 Å². The molecule has 2 rings (SSSR count). The van der Waals surface area contributed by atoms with E-state index in [4.69, 9.17) is 9.47 Å². The van der Waals surface area contributed by atoms with Gasteiger partial charge in [0.15, 0.2) is 0 Å². The van der Waals surface area contributed by atoms with E-state index in [1.807, 2.05) is 18.2 Å². The second-order valence-corrected chi connectivity index (χ2v) is 6.13. The third-order valence-electron chi connectivity index (χ3n) is 4.17. The van der Waals surface area contributed by atoms with Crippen molar-refractivity contribution in [2.75, 3.05) is 14.2 Å². The van der Waals surface area contributed by atoms with Crippen LogP contribution in [-0.4, -0.2) is 14.2 Å². The molecule has 124 valence electrons. The van der Waals surface area contributed by atoms with E-state index in [1.54, 1.807) is 14.2 Å². The van der Waals surface area contributed by atoms with Crippen LogP contribution in [0.3, 0.4) is 0 Å². The lowest BCUT2D eigenvalue weighted by Crippen LogP contribution is -2.28. The number of hydrogen-bond donors (Lipinski definition) is 1. The highest BCUT2D eigenvalue weighted by molar-refractivity contribution is 5.42. The zero-order valence-corrected chi connectivity index (χ0v) is 14.7. The highest BCUT2D eigenvalue weighted by Crippen LogP contribution is 2.34. The van der Waals surface area contributed by atoms with E-state index in [2.05, 4.69) is 56.4 Å². The first-order valence-corrected chi connectivity index (χ1v) is 8.09. The largest absolute Gasteiger partial charge is 0.497 e. The Labute approximate surface area is 139 Å². The lowest BCUT2D eigenvalue weighted by atomic mass is 9.93. The molecular formula is C20H27NO2. The van der Waals surface area contributed by atoms with Crippen molar-refractivity contribution in [1.29, 1.82) is 0 Å². The van der Waals surface area contributed by atoms with Crippen molar-refractivity contribution >= 4 is 0 Å². The van der Waals surface area contributed by atoms with E-state index in [0.29, 0.717) is 5.92 Å². The lowest BCUT2D eigenvalue weighted by Gasteiger charge is -2.28. The van der Waals surface area contributed by atoms with Crippen LogP contribution < -0.4 is 14.8 Å². The minimum Gasteiger partial charge on any atom is -0.497 e. The van der Waals surface area contributed by atoms with Crippen molar-refractivity contribution in [1.82, 2.24) is 5.32 Å². The van der Waals surface area contributed by atoms with Crippen molar-refractivity contribution in [2.45, 2.75) is 32.9 Å². The topological polar surface area (TPSA) is 30.5 Å². The van der Waals surface area contributed by atoms with Crippen LogP contribution in [0, 0.1) is 5.92 Å². The molecule has 0 saturated carbocycles. The van der Waals surface area contributed by atoms with Crippen LogP contribution in [0.15, 0.2) is 48.5 Å². The summed E-state index contributed by atoms with van der Waals surface area (Å²) >= 11 is 0. The number of methoxy groups -OCH3 is 2. The molecule has 0 amide bonds. The smallest absolute Gasteiger partial charge is 0.123 e. The number of ether oxygens (including phenoxy) is 2.